The molecular weight excluding hydrogens is 280 g/mol. The molecule has 3 nitrogen and oxygen atoms in total. The average molecular weight is 299 g/mol. The molecule has 1 N–H and O–H groups in total. The van der Waals surface area contributed by atoms with Crippen molar-refractivity contribution in [3.05, 3.63) is 34.9 Å². The predicted molar refractivity (Wildman–Crippen MR) is 81.7 cm³/mol. The van der Waals surface area contributed by atoms with E-state index >= 15 is 0 Å². The second-order valence-electron chi connectivity index (χ2n) is 4.76. The van der Waals surface area contributed by atoms with E-state index in [4.69, 9.17) is 11.6 Å². The van der Waals surface area contributed by atoms with Gasteiger partial charge in [-0.2, -0.15) is 0 Å². The summed E-state index contributed by atoms with van der Waals surface area (Å²) >= 11 is 7.50. The number of benzene rings is 1. The molecule has 104 valence electrons. The maximum Gasteiger partial charge on any atom is 0.232 e. The Kier molecular flexibility index (Phi) is 5.55. The summed E-state index contributed by atoms with van der Waals surface area (Å²) in [6, 6.07) is 8.09. The molecule has 1 amide bonds. The van der Waals surface area contributed by atoms with Crippen LogP contribution in [0.5, 0.6) is 0 Å². The number of nitrogens with zero attached hydrogens (tertiary/aromatic N) is 1. The molecule has 0 saturated carbocycles. The summed E-state index contributed by atoms with van der Waals surface area (Å²) in [5.41, 5.74) is 1.20. The van der Waals surface area contributed by atoms with Gasteiger partial charge >= 0.3 is 0 Å². The lowest BCUT2D eigenvalue weighted by molar-refractivity contribution is -0.131. The Labute approximate surface area is 123 Å². The highest BCUT2D eigenvalue weighted by Crippen LogP contribution is 2.16. The van der Waals surface area contributed by atoms with Gasteiger partial charge in [0.25, 0.3) is 0 Å². The molecule has 5 heteroatoms. The van der Waals surface area contributed by atoms with E-state index in [9.17, 15) is 4.79 Å². The van der Waals surface area contributed by atoms with Crippen LogP contribution in [0.15, 0.2) is 24.3 Å². The van der Waals surface area contributed by atoms with Crippen molar-refractivity contribution >= 4 is 29.3 Å². The molecule has 1 atom stereocenters. The van der Waals surface area contributed by atoms with Crippen molar-refractivity contribution in [1.29, 1.82) is 0 Å². The highest BCUT2D eigenvalue weighted by molar-refractivity contribution is 7.99. The van der Waals surface area contributed by atoms with Crippen LogP contribution in [0.2, 0.25) is 5.02 Å². The molecule has 0 radical (unpaired) electrons. The topological polar surface area (TPSA) is 32.3 Å². The zero-order valence-corrected chi connectivity index (χ0v) is 12.6. The normalized spacial score (nSPS) is 19.5. The zero-order valence-electron chi connectivity index (χ0n) is 11.1. The smallest absolute Gasteiger partial charge is 0.232 e. The highest BCUT2D eigenvalue weighted by Gasteiger charge is 2.22. The minimum Gasteiger partial charge on any atom is -0.337 e. The van der Waals surface area contributed by atoms with E-state index < -0.39 is 0 Å². The number of hydrogen-bond donors (Lipinski definition) is 1. The number of halogens is 1. The predicted octanol–water partition coefficient (Wildman–Crippen LogP) is 2.39. The number of piperazine rings is 1. The van der Waals surface area contributed by atoms with E-state index in [1.165, 1.54) is 5.56 Å². The van der Waals surface area contributed by atoms with Crippen LogP contribution < -0.4 is 5.32 Å². The van der Waals surface area contributed by atoms with Crippen molar-refractivity contribution < 1.29 is 4.79 Å². The van der Waals surface area contributed by atoms with Crippen molar-refractivity contribution in [2.75, 3.05) is 25.4 Å². The van der Waals surface area contributed by atoms with Crippen LogP contribution in [0, 0.1) is 0 Å². The Hall–Kier alpha value is -0.710. The molecule has 1 aliphatic heterocycles. The summed E-state index contributed by atoms with van der Waals surface area (Å²) in [6.45, 7) is 4.71. The van der Waals surface area contributed by atoms with Crippen LogP contribution in [0.25, 0.3) is 0 Å². The van der Waals surface area contributed by atoms with Crippen LogP contribution in [-0.4, -0.2) is 42.2 Å². The van der Waals surface area contributed by atoms with Gasteiger partial charge in [0.2, 0.25) is 5.91 Å². The number of thioether (sulfide) groups is 1. The van der Waals surface area contributed by atoms with Crippen molar-refractivity contribution in [1.82, 2.24) is 10.2 Å². The molecule has 1 aromatic carbocycles. The van der Waals surface area contributed by atoms with E-state index in [0.717, 1.165) is 30.4 Å². The maximum atomic E-state index is 12.1. The first-order valence-corrected chi connectivity index (χ1v) is 8.02. The van der Waals surface area contributed by atoms with Gasteiger partial charge in [0, 0.05) is 36.5 Å². The fourth-order valence-corrected chi connectivity index (χ4v) is 3.13. The van der Waals surface area contributed by atoms with Gasteiger partial charge in [0.15, 0.2) is 0 Å². The molecule has 19 heavy (non-hydrogen) atoms. The van der Waals surface area contributed by atoms with E-state index in [0.29, 0.717) is 11.8 Å². The maximum absolute atomic E-state index is 12.1. The van der Waals surface area contributed by atoms with Crippen LogP contribution in [-0.2, 0) is 10.5 Å². The molecule has 1 aliphatic rings. The van der Waals surface area contributed by atoms with Crippen molar-refractivity contribution in [2.24, 2.45) is 0 Å². The quantitative estimate of drug-likeness (QED) is 0.926. The third-order valence-electron chi connectivity index (χ3n) is 3.23. The van der Waals surface area contributed by atoms with E-state index in [2.05, 4.69) is 12.2 Å². The lowest BCUT2D eigenvalue weighted by Gasteiger charge is -2.34. The summed E-state index contributed by atoms with van der Waals surface area (Å²) < 4.78 is 0. The van der Waals surface area contributed by atoms with Gasteiger partial charge in [-0.05, 0) is 24.6 Å². The minimum absolute atomic E-state index is 0.243. The van der Waals surface area contributed by atoms with Crippen molar-refractivity contribution in [3.63, 3.8) is 0 Å². The number of carbonyl (C=O) groups excluding carboxylic acids is 1. The number of rotatable bonds is 4. The zero-order chi connectivity index (χ0) is 13.7. The Balaban J connectivity index is 1.75. The standard InChI is InChI=1S/C14H19ClN2OS/c1-11-8-16-6-7-17(11)14(18)10-19-9-12-2-4-13(15)5-3-12/h2-5,11,16H,6-10H2,1H3/t11-/m0/s1. The Morgan fingerprint density at radius 3 is 2.89 bits per heavy atom. The average Bonchev–Trinajstić information content (AvgIpc) is 2.41. The number of hydrogen-bond acceptors (Lipinski definition) is 3. The van der Waals surface area contributed by atoms with Crippen molar-refractivity contribution in [3.8, 4) is 0 Å². The third kappa shape index (κ3) is 4.41. The van der Waals surface area contributed by atoms with E-state index in [-0.39, 0.29) is 5.91 Å². The van der Waals surface area contributed by atoms with E-state index in [1.54, 1.807) is 11.8 Å². The molecule has 0 spiro atoms. The lowest BCUT2D eigenvalue weighted by Crippen LogP contribution is -2.52. The van der Waals surface area contributed by atoms with Gasteiger partial charge in [-0.15, -0.1) is 11.8 Å². The summed E-state index contributed by atoms with van der Waals surface area (Å²) in [5, 5.41) is 4.04. The first kappa shape index (κ1) is 14.7. The number of nitrogens with one attached hydrogen (secondary N) is 1. The van der Waals surface area contributed by atoms with Gasteiger partial charge in [-0.3, -0.25) is 4.79 Å². The number of amides is 1. The van der Waals surface area contributed by atoms with Gasteiger partial charge in [-0.1, -0.05) is 23.7 Å². The Morgan fingerprint density at radius 2 is 2.21 bits per heavy atom. The molecule has 0 aromatic heterocycles. The molecule has 1 heterocycles. The van der Waals surface area contributed by atoms with Gasteiger partial charge in [0.1, 0.15) is 0 Å². The lowest BCUT2D eigenvalue weighted by atomic mass is 10.2. The monoisotopic (exact) mass is 298 g/mol. The SMILES string of the molecule is C[C@H]1CNCCN1C(=O)CSCc1ccc(Cl)cc1. The molecule has 0 bridgehead atoms. The van der Waals surface area contributed by atoms with Crippen LogP contribution in [0.1, 0.15) is 12.5 Å². The van der Waals surface area contributed by atoms with Crippen LogP contribution >= 0.6 is 23.4 Å². The first-order valence-electron chi connectivity index (χ1n) is 6.49. The molecule has 0 aliphatic carbocycles. The second-order valence-corrected chi connectivity index (χ2v) is 6.18. The molecule has 1 fully saturated rings. The highest BCUT2D eigenvalue weighted by atomic mass is 35.5. The Morgan fingerprint density at radius 1 is 1.47 bits per heavy atom. The first-order chi connectivity index (χ1) is 9.16. The summed E-state index contributed by atoms with van der Waals surface area (Å²) in [5.74, 6) is 1.64. The summed E-state index contributed by atoms with van der Waals surface area (Å²) in [4.78, 5) is 14.1. The van der Waals surface area contributed by atoms with Crippen molar-refractivity contribution in [2.45, 2.75) is 18.7 Å². The Bertz CT molecular complexity index is 424. The van der Waals surface area contributed by atoms with Crippen LogP contribution in [0.3, 0.4) is 0 Å². The second kappa shape index (κ2) is 7.17. The van der Waals surface area contributed by atoms with Gasteiger partial charge in [0.05, 0.1) is 5.75 Å². The molecule has 0 unspecified atom stereocenters. The molecular formula is C14H19ClN2OS. The largest absolute Gasteiger partial charge is 0.337 e. The fourth-order valence-electron chi connectivity index (χ4n) is 2.13. The number of carbonyl (C=O) groups is 1. The van der Waals surface area contributed by atoms with Crippen LogP contribution in [0.4, 0.5) is 0 Å². The molecule has 1 saturated heterocycles. The molecule has 2 rings (SSSR count). The molecule has 1 aromatic rings. The minimum atomic E-state index is 0.243. The third-order valence-corrected chi connectivity index (χ3v) is 4.47. The van der Waals surface area contributed by atoms with Gasteiger partial charge < -0.3 is 10.2 Å². The van der Waals surface area contributed by atoms with E-state index in [1.807, 2.05) is 29.2 Å². The summed E-state index contributed by atoms with van der Waals surface area (Å²) in [6.07, 6.45) is 0. The fraction of sp³-hybridized carbons (Fsp3) is 0.500. The van der Waals surface area contributed by atoms with Gasteiger partial charge in [-0.25, -0.2) is 0 Å². The summed E-state index contributed by atoms with van der Waals surface area (Å²) in [7, 11) is 0.